The third kappa shape index (κ3) is 6.97. The van der Waals surface area contributed by atoms with Crippen molar-refractivity contribution >= 4 is 85.4 Å². The molecule has 4 aromatic carbocycles. The summed E-state index contributed by atoms with van der Waals surface area (Å²) in [6.07, 6.45) is 0. The van der Waals surface area contributed by atoms with Gasteiger partial charge in [-0.1, -0.05) is 30.3 Å². The van der Waals surface area contributed by atoms with Crippen LogP contribution in [0.5, 0.6) is 0 Å². The zero-order valence-corrected chi connectivity index (χ0v) is 25.5. The molecule has 5 N–H and O–H groups in total. The highest BCUT2D eigenvalue weighted by Crippen LogP contribution is 2.35. The molecule has 0 unspecified atom stereocenters. The van der Waals surface area contributed by atoms with Gasteiger partial charge in [-0.3, -0.25) is 4.79 Å². The molecule has 11 heteroatoms. The van der Waals surface area contributed by atoms with E-state index in [4.69, 9.17) is 28.2 Å². The maximum absolute atomic E-state index is 13.0. The molecule has 1 aromatic heterocycles. The van der Waals surface area contributed by atoms with E-state index in [2.05, 4.69) is 26.2 Å². The number of carbonyl (C=O) groups excluding carboxylic acids is 2. The molecular formula is C33H32Cl2N6O3. The van der Waals surface area contributed by atoms with E-state index in [-0.39, 0.29) is 12.5 Å². The average molecular weight is 632 g/mol. The van der Waals surface area contributed by atoms with Crippen LogP contribution in [0.4, 0.5) is 33.2 Å². The van der Waals surface area contributed by atoms with Crippen LogP contribution in [-0.4, -0.2) is 53.9 Å². The molecule has 0 aliphatic heterocycles. The number of halogens is 2. The molecule has 0 saturated carbocycles. The fourth-order valence-electron chi connectivity index (χ4n) is 5.06. The van der Waals surface area contributed by atoms with Crippen LogP contribution in [0.3, 0.4) is 0 Å². The number of pyridine rings is 1. The summed E-state index contributed by atoms with van der Waals surface area (Å²) in [7, 11) is 1.58. The van der Waals surface area contributed by atoms with Crippen molar-refractivity contribution < 1.29 is 14.7 Å². The maximum atomic E-state index is 13.0. The SMILES string of the molecule is CNC(=O)c1cccc2c(Nc3cc(CO)cc(NC(=O)Nc4ccc(N(CCCl)CCCl)cc4)c3)c3ccccc3nc12. The van der Waals surface area contributed by atoms with Gasteiger partial charge in [0, 0.05) is 65.4 Å². The van der Waals surface area contributed by atoms with Gasteiger partial charge < -0.3 is 31.3 Å². The number of para-hydroxylation sites is 2. The highest BCUT2D eigenvalue weighted by molar-refractivity contribution is 6.18. The van der Waals surface area contributed by atoms with Crippen LogP contribution in [-0.2, 0) is 6.61 Å². The molecule has 5 aromatic rings. The highest BCUT2D eigenvalue weighted by atomic mass is 35.5. The first kappa shape index (κ1) is 30.9. The second-order valence-electron chi connectivity index (χ2n) is 9.98. The summed E-state index contributed by atoms with van der Waals surface area (Å²) < 4.78 is 0. The third-order valence-corrected chi connectivity index (χ3v) is 7.42. The third-order valence-electron chi connectivity index (χ3n) is 7.08. The number of carbonyl (C=O) groups is 2. The van der Waals surface area contributed by atoms with E-state index in [1.807, 2.05) is 60.7 Å². The number of aliphatic hydroxyl groups is 1. The van der Waals surface area contributed by atoms with Crippen LogP contribution in [0.25, 0.3) is 21.8 Å². The summed E-state index contributed by atoms with van der Waals surface area (Å²) in [6, 6.07) is 25.4. The monoisotopic (exact) mass is 630 g/mol. The number of anilines is 5. The summed E-state index contributed by atoms with van der Waals surface area (Å²) in [6.45, 7) is 1.10. The molecule has 3 amide bonds. The van der Waals surface area contributed by atoms with Crippen molar-refractivity contribution in [3.63, 3.8) is 0 Å². The van der Waals surface area contributed by atoms with Gasteiger partial charge in [0.15, 0.2) is 0 Å². The molecule has 0 saturated heterocycles. The number of aliphatic hydroxyl groups excluding tert-OH is 1. The van der Waals surface area contributed by atoms with E-state index in [0.717, 1.165) is 22.1 Å². The van der Waals surface area contributed by atoms with Crippen LogP contribution in [0.15, 0.2) is 84.9 Å². The smallest absolute Gasteiger partial charge is 0.323 e. The summed E-state index contributed by atoms with van der Waals surface area (Å²) in [5, 5.41) is 23.5. The van der Waals surface area contributed by atoms with Gasteiger partial charge in [-0.15, -0.1) is 23.2 Å². The normalized spacial score (nSPS) is 10.9. The standard InChI is InChI=1S/C33H32Cl2N6O3/c1-36-32(43)28-7-4-6-27-30(26-5-2-3-8-29(26)40-31(27)28)37-23-17-21(20-42)18-24(19-23)39-33(44)38-22-9-11-25(12-10-22)41(15-13-34)16-14-35/h2-12,17-19,42H,13-16,20H2,1H3,(H,36,43)(H,37,40)(H2,38,39,44). The Labute approximate surface area is 265 Å². The summed E-state index contributed by atoms with van der Waals surface area (Å²) in [5.41, 5.74) is 5.78. The first-order valence-electron chi connectivity index (χ1n) is 14.0. The first-order chi connectivity index (χ1) is 21.4. The van der Waals surface area contributed by atoms with Gasteiger partial charge in [0.1, 0.15) is 0 Å². The van der Waals surface area contributed by atoms with Crippen molar-refractivity contribution in [1.29, 1.82) is 0 Å². The van der Waals surface area contributed by atoms with E-state index < -0.39 is 6.03 Å². The van der Waals surface area contributed by atoms with Crippen molar-refractivity contribution in [2.24, 2.45) is 0 Å². The zero-order valence-electron chi connectivity index (χ0n) is 24.0. The summed E-state index contributed by atoms with van der Waals surface area (Å²) >= 11 is 11.8. The van der Waals surface area contributed by atoms with E-state index in [0.29, 0.717) is 64.1 Å². The Morgan fingerprint density at radius 2 is 1.50 bits per heavy atom. The second-order valence-corrected chi connectivity index (χ2v) is 10.7. The molecule has 5 rings (SSSR count). The van der Waals surface area contributed by atoms with Crippen LogP contribution < -0.4 is 26.2 Å². The molecule has 0 atom stereocenters. The van der Waals surface area contributed by atoms with Crippen LogP contribution in [0.2, 0.25) is 0 Å². The number of fused-ring (bicyclic) bond motifs is 2. The number of nitrogens with zero attached hydrogens (tertiary/aromatic N) is 2. The van der Waals surface area contributed by atoms with E-state index >= 15 is 0 Å². The predicted molar refractivity (Wildman–Crippen MR) is 181 cm³/mol. The number of hydrogen-bond donors (Lipinski definition) is 5. The number of aromatic nitrogens is 1. The number of rotatable bonds is 11. The Balaban J connectivity index is 1.42. The van der Waals surface area contributed by atoms with Crippen molar-refractivity contribution in [2.75, 3.05) is 52.7 Å². The lowest BCUT2D eigenvalue weighted by atomic mass is 10.0. The van der Waals surface area contributed by atoms with Crippen LogP contribution >= 0.6 is 23.2 Å². The van der Waals surface area contributed by atoms with Crippen LogP contribution in [0, 0.1) is 0 Å². The molecule has 0 radical (unpaired) electrons. The Morgan fingerprint density at radius 1 is 0.818 bits per heavy atom. The molecule has 9 nitrogen and oxygen atoms in total. The minimum Gasteiger partial charge on any atom is -0.392 e. The molecule has 0 aliphatic rings. The van der Waals surface area contributed by atoms with Gasteiger partial charge in [0.05, 0.1) is 28.9 Å². The van der Waals surface area contributed by atoms with Crippen LogP contribution in [0.1, 0.15) is 15.9 Å². The van der Waals surface area contributed by atoms with Gasteiger partial charge in [-0.05, 0) is 60.2 Å². The van der Waals surface area contributed by atoms with Gasteiger partial charge in [-0.25, -0.2) is 9.78 Å². The number of amides is 3. The number of urea groups is 1. The van der Waals surface area contributed by atoms with E-state index in [1.165, 1.54) is 0 Å². The zero-order chi connectivity index (χ0) is 31.1. The minimum absolute atomic E-state index is 0.229. The lowest BCUT2D eigenvalue weighted by Crippen LogP contribution is -2.27. The fourth-order valence-corrected chi connectivity index (χ4v) is 5.47. The molecule has 0 aliphatic carbocycles. The van der Waals surface area contributed by atoms with Crippen molar-refractivity contribution in [1.82, 2.24) is 10.3 Å². The Kier molecular flexibility index (Phi) is 10.0. The van der Waals surface area contributed by atoms with Gasteiger partial charge >= 0.3 is 6.03 Å². The largest absolute Gasteiger partial charge is 0.392 e. The summed E-state index contributed by atoms with van der Waals surface area (Å²) in [5.74, 6) is 0.725. The molecule has 0 fully saturated rings. The Hall–Kier alpha value is -4.57. The Morgan fingerprint density at radius 3 is 2.20 bits per heavy atom. The summed E-state index contributed by atoms with van der Waals surface area (Å²) in [4.78, 5) is 32.5. The number of nitrogens with one attached hydrogen (secondary N) is 4. The molecular weight excluding hydrogens is 599 g/mol. The van der Waals surface area contributed by atoms with E-state index in [1.54, 1.807) is 31.3 Å². The van der Waals surface area contributed by atoms with E-state index in [9.17, 15) is 14.7 Å². The van der Waals surface area contributed by atoms with Gasteiger partial charge in [0.25, 0.3) is 5.91 Å². The van der Waals surface area contributed by atoms with Crippen molar-refractivity contribution in [3.05, 3.63) is 96.1 Å². The topological polar surface area (TPSA) is 119 Å². The highest BCUT2D eigenvalue weighted by Gasteiger charge is 2.16. The van der Waals surface area contributed by atoms with Crippen molar-refractivity contribution in [2.45, 2.75) is 6.61 Å². The average Bonchev–Trinajstić information content (AvgIpc) is 3.04. The molecule has 1 heterocycles. The fraction of sp³-hybridized carbons (Fsp3) is 0.182. The van der Waals surface area contributed by atoms with Gasteiger partial charge in [0.2, 0.25) is 0 Å². The second kappa shape index (κ2) is 14.3. The lowest BCUT2D eigenvalue weighted by molar-refractivity contribution is 0.0964. The predicted octanol–water partition coefficient (Wildman–Crippen LogP) is 6.91. The molecule has 0 spiro atoms. The van der Waals surface area contributed by atoms with Gasteiger partial charge in [-0.2, -0.15) is 0 Å². The first-order valence-corrected chi connectivity index (χ1v) is 15.1. The lowest BCUT2D eigenvalue weighted by Gasteiger charge is -2.23. The molecule has 226 valence electrons. The molecule has 0 bridgehead atoms. The number of hydrogen-bond acceptors (Lipinski definition) is 6. The molecule has 44 heavy (non-hydrogen) atoms. The number of alkyl halides is 2. The maximum Gasteiger partial charge on any atom is 0.323 e. The number of benzene rings is 4. The Bertz CT molecular complexity index is 1790. The minimum atomic E-state index is -0.438. The quantitative estimate of drug-likeness (QED) is 0.0799. The van der Waals surface area contributed by atoms with Crippen molar-refractivity contribution in [3.8, 4) is 0 Å².